The molecule has 7 heteroatoms. The molecule has 1 aromatic heterocycles. The molecule has 0 atom stereocenters. The van der Waals surface area contributed by atoms with Crippen molar-refractivity contribution < 1.29 is 18.7 Å². The van der Waals surface area contributed by atoms with Gasteiger partial charge in [-0.15, -0.1) is 10.2 Å². The summed E-state index contributed by atoms with van der Waals surface area (Å²) in [5.41, 5.74) is 3.51. The van der Waals surface area contributed by atoms with E-state index in [9.17, 15) is 4.79 Å². The van der Waals surface area contributed by atoms with Crippen molar-refractivity contribution in [1.82, 2.24) is 10.2 Å². The van der Waals surface area contributed by atoms with Crippen molar-refractivity contribution in [3.05, 3.63) is 78.4 Å². The number of hydrogen-bond acceptors (Lipinski definition) is 7. The lowest BCUT2D eigenvalue weighted by Crippen LogP contribution is -2.02. The number of ether oxygens (including phenoxy) is 2. The van der Waals surface area contributed by atoms with Gasteiger partial charge in [0.2, 0.25) is 5.89 Å². The summed E-state index contributed by atoms with van der Waals surface area (Å²) in [7, 11) is 3.15. The van der Waals surface area contributed by atoms with Crippen LogP contribution < -0.4 is 9.47 Å². The summed E-state index contributed by atoms with van der Waals surface area (Å²) in [5.74, 6) is 1.77. The highest BCUT2D eigenvalue weighted by Crippen LogP contribution is 2.30. The van der Waals surface area contributed by atoms with Gasteiger partial charge in [0.05, 0.1) is 20.0 Å². The maximum Gasteiger partial charge on any atom is 0.277 e. The number of Topliss-reactive ketones (excluding diaryl/α,β-unsaturated/α-hetero) is 1. The highest BCUT2D eigenvalue weighted by atomic mass is 32.2. The molecule has 4 aromatic rings. The van der Waals surface area contributed by atoms with Crippen molar-refractivity contribution in [2.45, 2.75) is 5.22 Å². The second-order valence-corrected chi connectivity index (χ2v) is 7.56. The van der Waals surface area contributed by atoms with Gasteiger partial charge >= 0.3 is 0 Å². The van der Waals surface area contributed by atoms with E-state index >= 15 is 0 Å². The molecule has 0 aliphatic carbocycles. The number of benzene rings is 3. The number of thioether (sulfide) groups is 1. The standard InChI is InChI=1S/C24H20N2O4S/c1-28-20-12-19(13-21(14-20)29-2)23-25-26-24(30-23)31-15-22(27)18-10-8-17(9-11-18)16-6-4-3-5-7-16/h3-14H,15H2,1-2H3. The molecule has 0 saturated heterocycles. The summed E-state index contributed by atoms with van der Waals surface area (Å²) < 4.78 is 16.3. The van der Waals surface area contributed by atoms with Crippen molar-refractivity contribution in [2.75, 3.05) is 20.0 Å². The van der Waals surface area contributed by atoms with Crippen molar-refractivity contribution in [3.8, 4) is 34.1 Å². The molecule has 156 valence electrons. The Labute approximate surface area is 184 Å². The van der Waals surface area contributed by atoms with Gasteiger partial charge in [-0.25, -0.2) is 0 Å². The predicted octanol–water partition coefficient (Wildman–Crippen LogP) is 5.40. The third-order valence-corrected chi connectivity index (χ3v) is 5.46. The van der Waals surface area contributed by atoms with E-state index in [4.69, 9.17) is 13.9 Å². The third kappa shape index (κ3) is 4.95. The number of carbonyl (C=O) groups is 1. The van der Waals surface area contributed by atoms with Crippen LogP contribution in [0.1, 0.15) is 10.4 Å². The Morgan fingerprint density at radius 1 is 0.839 bits per heavy atom. The van der Waals surface area contributed by atoms with Crippen molar-refractivity contribution in [3.63, 3.8) is 0 Å². The summed E-state index contributed by atoms with van der Waals surface area (Å²) >= 11 is 1.21. The smallest absolute Gasteiger partial charge is 0.277 e. The van der Waals surface area contributed by atoms with E-state index in [0.717, 1.165) is 11.1 Å². The van der Waals surface area contributed by atoms with E-state index < -0.39 is 0 Å². The summed E-state index contributed by atoms with van der Waals surface area (Å²) in [6.45, 7) is 0. The lowest BCUT2D eigenvalue weighted by molar-refractivity contribution is 0.102. The molecule has 0 aliphatic heterocycles. The summed E-state index contributed by atoms with van der Waals surface area (Å²) in [4.78, 5) is 12.6. The average molecular weight is 433 g/mol. The molecule has 0 aliphatic rings. The Kier molecular flexibility index (Phi) is 6.33. The molecule has 0 unspecified atom stereocenters. The fourth-order valence-corrected chi connectivity index (χ4v) is 3.66. The molecule has 1 heterocycles. The lowest BCUT2D eigenvalue weighted by Gasteiger charge is -2.05. The van der Waals surface area contributed by atoms with Gasteiger partial charge in [-0.3, -0.25) is 4.79 Å². The topological polar surface area (TPSA) is 74.5 Å². The van der Waals surface area contributed by atoms with E-state index in [-0.39, 0.29) is 11.5 Å². The molecule has 0 saturated carbocycles. The molecule has 4 rings (SSSR count). The maximum atomic E-state index is 12.6. The van der Waals surface area contributed by atoms with Crippen LogP contribution in [-0.2, 0) is 0 Å². The van der Waals surface area contributed by atoms with E-state index in [1.807, 2.05) is 54.6 Å². The van der Waals surface area contributed by atoms with Crippen LogP contribution in [0.5, 0.6) is 11.5 Å². The first kappa shape index (κ1) is 20.7. The summed E-state index contributed by atoms with van der Waals surface area (Å²) in [5, 5.41) is 8.43. The quantitative estimate of drug-likeness (QED) is 0.273. The molecule has 0 radical (unpaired) electrons. The van der Waals surface area contributed by atoms with Crippen LogP contribution in [0.15, 0.2) is 82.4 Å². The molecule has 0 N–H and O–H groups in total. The molecule has 0 spiro atoms. The Balaban J connectivity index is 1.41. The van der Waals surface area contributed by atoms with Gasteiger partial charge in [0.25, 0.3) is 5.22 Å². The molecule has 0 amide bonds. The van der Waals surface area contributed by atoms with Crippen LogP contribution >= 0.6 is 11.8 Å². The third-order valence-electron chi connectivity index (χ3n) is 4.65. The van der Waals surface area contributed by atoms with E-state index in [2.05, 4.69) is 10.2 Å². The maximum absolute atomic E-state index is 12.6. The van der Waals surface area contributed by atoms with Crippen molar-refractivity contribution in [1.29, 1.82) is 0 Å². The Morgan fingerprint density at radius 3 is 2.13 bits per heavy atom. The monoisotopic (exact) mass is 432 g/mol. The minimum Gasteiger partial charge on any atom is -0.497 e. The van der Waals surface area contributed by atoms with Crippen LogP contribution in [-0.4, -0.2) is 36.0 Å². The van der Waals surface area contributed by atoms with E-state index in [1.165, 1.54) is 11.8 Å². The van der Waals surface area contributed by atoms with Crippen LogP contribution in [0.3, 0.4) is 0 Å². The van der Waals surface area contributed by atoms with Crippen molar-refractivity contribution in [2.24, 2.45) is 0 Å². The Hall–Kier alpha value is -3.58. The number of aromatic nitrogens is 2. The zero-order valence-electron chi connectivity index (χ0n) is 17.1. The minimum atomic E-state index is -0.00703. The van der Waals surface area contributed by atoms with Gasteiger partial charge in [-0.2, -0.15) is 0 Å². The molecule has 0 bridgehead atoms. The van der Waals surface area contributed by atoms with Gasteiger partial charge in [-0.05, 0) is 23.3 Å². The summed E-state index contributed by atoms with van der Waals surface area (Å²) in [6, 6.07) is 23.0. The van der Waals surface area contributed by atoms with Crippen molar-refractivity contribution >= 4 is 17.5 Å². The van der Waals surface area contributed by atoms with Gasteiger partial charge in [0.1, 0.15) is 11.5 Å². The first-order valence-corrected chi connectivity index (χ1v) is 10.5. The highest BCUT2D eigenvalue weighted by Gasteiger charge is 2.14. The largest absolute Gasteiger partial charge is 0.497 e. The van der Waals surface area contributed by atoms with Crippen LogP contribution in [0.25, 0.3) is 22.6 Å². The van der Waals surface area contributed by atoms with Gasteiger partial charge in [-0.1, -0.05) is 66.4 Å². The number of methoxy groups -OCH3 is 2. The molecule has 31 heavy (non-hydrogen) atoms. The SMILES string of the molecule is COc1cc(OC)cc(-c2nnc(SCC(=O)c3ccc(-c4ccccc4)cc3)o2)c1. The number of hydrogen-bond donors (Lipinski definition) is 0. The van der Waals surface area contributed by atoms with E-state index in [0.29, 0.717) is 33.7 Å². The van der Waals surface area contributed by atoms with Gasteiger partial charge in [0.15, 0.2) is 5.78 Å². The minimum absolute atomic E-state index is 0.00703. The van der Waals surface area contributed by atoms with Gasteiger partial charge < -0.3 is 13.9 Å². The highest BCUT2D eigenvalue weighted by molar-refractivity contribution is 7.99. The fraction of sp³-hybridized carbons (Fsp3) is 0.125. The zero-order chi connectivity index (χ0) is 21.6. The van der Waals surface area contributed by atoms with Gasteiger partial charge in [0, 0.05) is 17.2 Å². The van der Waals surface area contributed by atoms with Crippen LogP contribution in [0, 0.1) is 0 Å². The summed E-state index contributed by atoms with van der Waals surface area (Å²) in [6.07, 6.45) is 0. The Morgan fingerprint density at radius 2 is 1.48 bits per heavy atom. The van der Waals surface area contributed by atoms with Crippen LogP contribution in [0.4, 0.5) is 0 Å². The zero-order valence-corrected chi connectivity index (χ0v) is 17.9. The normalized spacial score (nSPS) is 10.6. The number of ketones is 1. The average Bonchev–Trinajstić information content (AvgIpc) is 3.32. The fourth-order valence-electron chi connectivity index (χ4n) is 3.01. The second kappa shape index (κ2) is 9.49. The molecular formula is C24H20N2O4S. The number of nitrogens with zero attached hydrogens (tertiary/aromatic N) is 2. The molecule has 0 fully saturated rings. The molecular weight excluding hydrogens is 412 g/mol. The predicted molar refractivity (Wildman–Crippen MR) is 120 cm³/mol. The second-order valence-electron chi connectivity index (χ2n) is 6.63. The van der Waals surface area contributed by atoms with Crippen LogP contribution in [0.2, 0.25) is 0 Å². The molecule has 3 aromatic carbocycles. The first-order valence-electron chi connectivity index (χ1n) is 9.54. The first-order chi connectivity index (χ1) is 15.2. The van der Waals surface area contributed by atoms with E-state index in [1.54, 1.807) is 32.4 Å². The molecule has 6 nitrogen and oxygen atoms in total. The number of carbonyl (C=O) groups excluding carboxylic acids is 1. The lowest BCUT2D eigenvalue weighted by atomic mass is 10.0. The Bertz CT molecular complexity index is 1150. The number of rotatable bonds is 8.